The van der Waals surface area contributed by atoms with E-state index < -0.39 is 17.8 Å². The highest BCUT2D eigenvalue weighted by atomic mass is 19.1. The molecular weight excluding hydrogens is 241 g/mol. The maximum absolute atomic E-state index is 13.6. The molecule has 0 saturated heterocycles. The Hall–Kier alpha value is -1.82. The number of hydrogen-bond acceptors (Lipinski definition) is 4. The van der Waals surface area contributed by atoms with Crippen molar-refractivity contribution in [1.29, 1.82) is 0 Å². The number of carboxylic acid groups (broad SMARTS) is 1. The number of ether oxygens (including phenoxy) is 2. The molecule has 0 bridgehead atoms. The lowest BCUT2D eigenvalue weighted by Gasteiger charge is -2.19. The highest BCUT2D eigenvalue weighted by molar-refractivity contribution is 5.68. The van der Waals surface area contributed by atoms with Crippen LogP contribution in [0.25, 0.3) is 0 Å². The molecule has 0 aliphatic rings. The average molecular weight is 257 g/mol. The first kappa shape index (κ1) is 14.2. The van der Waals surface area contributed by atoms with E-state index in [-0.39, 0.29) is 17.9 Å². The summed E-state index contributed by atoms with van der Waals surface area (Å²) >= 11 is 0. The van der Waals surface area contributed by atoms with Gasteiger partial charge in [0.25, 0.3) is 0 Å². The molecule has 0 spiro atoms. The van der Waals surface area contributed by atoms with Crippen LogP contribution >= 0.6 is 0 Å². The fourth-order valence-electron chi connectivity index (χ4n) is 1.89. The molecule has 5 nitrogen and oxygen atoms in total. The molecule has 3 N–H and O–H groups in total. The summed E-state index contributed by atoms with van der Waals surface area (Å²) in [6.45, 7) is 1.64. The first-order valence-electron chi connectivity index (χ1n) is 5.30. The van der Waals surface area contributed by atoms with E-state index in [1.165, 1.54) is 20.3 Å². The van der Waals surface area contributed by atoms with Gasteiger partial charge in [-0.05, 0) is 18.6 Å². The van der Waals surface area contributed by atoms with Gasteiger partial charge in [0.05, 0.1) is 20.6 Å². The number of aliphatic carboxylic acids is 1. The summed E-state index contributed by atoms with van der Waals surface area (Å²) in [5.41, 5.74) is 6.78. The van der Waals surface area contributed by atoms with Crippen LogP contribution in [-0.4, -0.2) is 25.3 Å². The minimum atomic E-state index is -1.03. The van der Waals surface area contributed by atoms with Crippen molar-refractivity contribution < 1.29 is 23.8 Å². The monoisotopic (exact) mass is 257 g/mol. The van der Waals surface area contributed by atoms with Crippen LogP contribution in [0.3, 0.4) is 0 Å². The standard InChI is InChI=1S/C12H16FNO4/c1-6-4-7(13)11(17-2)12(18-3)10(6)8(14)5-9(15)16/h4,8H,5,14H2,1-3H3,(H,15,16). The zero-order valence-corrected chi connectivity index (χ0v) is 10.5. The van der Waals surface area contributed by atoms with Crippen LogP contribution in [0.1, 0.15) is 23.6 Å². The van der Waals surface area contributed by atoms with Gasteiger partial charge in [0.15, 0.2) is 17.3 Å². The smallest absolute Gasteiger partial charge is 0.305 e. The van der Waals surface area contributed by atoms with Crippen LogP contribution in [0, 0.1) is 12.7 Å². The fourth-order valence-corrected chi connectivity index (χ4v) is 1.89. The van der Waals surface area contributed by atoms with Gasteiger partial charge in [-0.2, -0.15) is 0 Å². The average Bonchev–Trinajstić information content (AvgIpc) is 2.26. The summed E-state index contributed by atoms with van der Waals surface area (Å²) in [7, 11) is 2.66. The van der Waals surface area contributed by atoms with E-state index >= 15 is 0 Å². The summed E-state index contributed by atoms with van der Waals surface area (Å²) in [5.74, 6) is -1.53. The second-order valence-electron chi connectivity index (χ2n) is 3.86. The number of carbonyl (C=O) groups is 1. The molecule has 0 aromatic heterocycles. The van der Waals surface area contributed by atoms with Gasteiger partial charge in [0.2, 0.25) is 0 Å². The maximum atomic E-state index is 13.6. The second-order valence-corrected chi connectivity index (χ2v) is 3.86. The summed E-state index contributed by atoms with van der Waals surface area (Å²) in [6, 6.07) is 0.463. The molecule has 0 amide bonds. The third-order valence-electron chi connectivity index (χ3n) is 2.61. The minimum absolute atomic E-state index is 0.0704. The second kappa shape index (κ2) is 5.68. The van der Waals surface area contributed by atoms with Crippen LogP contribution in [0.5, 0.6) is 11.5 Å². The van der Waals surface area contributed by atoms with Crippen molar-refractivity contribution in [3.63, 3.8) is 0 Å². The number of benzene rings is 1. The van der Waals surface area contributed by atoms with Crippen LogP contribution < -0.4 is 15.2 Å². The fraction of sp³-hybridized carbons (Fsp3) is 0.417. The summed E-state index contributed by atoms with van der Waals surface area (Å²) in [5, 5.41) is 8.75. The van der Waals surface area contributed by atoms with E-state index in [1.54, 1.807) is 6.92 Å². The van der Waals surface area contributed by atoms with Crippen molar-refractivity contribution in [2.45, 2.75) is 19.4 Å². The number of hydrogen-bond donors (Lipinski definition) is 2. The number of aryl methyl sites for hydroxylation is 1. The Kier molecular flexibility index (Phi) is 4.49. The number of carboxylic acids is 1. The molecule has 18 heavy (non-hydrogen) atoms. The Bertz CT molecular complexity index is 462. The van der Waals surface area contributed by atoms with E-state index in [0.29, 0.717) is 11.1 Å². The van der Waals surface area contributed by atoms with Crippen molar-refractivity contribution in [1.82, 2.24) is 0 Å². The lowest BCUT2D eigenvalue weighted by atomic mass is 9.97. The molecule has 1 aromatic rings. The van der Waals surface area contributed by atoms with Gasteiger partial charge in [-0.15, -0.1) is 0 Å². The molecule has 1 aromatic carbocycles. The third-order valence-corrected chi connectivity index (χ3v) is 2.61. The Balaban J connectivity index is 3.37. The highest BCUT2D eigenvalue weighted by Crippen LogP contribution is 2.39. The molecule has 0 heterocycles. The topological polar surface area (TPSA) is 81.8 Å². The number of methoxy groups -OCH3 is 2. The summed E-state index contributed by atoms with van der Waals surface area (Å²) in [4.78, 5) is 10.7. The first-order valence-corrected chi connectivity index (χ1v) is 5.30. The van der Waals surface area contributed by atoms with E-state index in [1.807, 2.05) is 0 Å². The highest BCUT2D eigenvalue weighted by Gasteiger charge is 2.23. The van der Waals surface area contributed by atoms with Gasteiger partial charge < -0.3 is 20.3 Å². The quantitative estimate of drug-likeness (QED) is 0.837. The lowest BCUT2D eigenvalue weighted by molar-refractivity contribution is -0.137. The first-order chi connectivity index (χ1) is 8.42. The molecule has 0 aliphatic carbocycles. The van der Waals surface area contributed by atoms with Crippen molar-refractivity contribution in [3.8, 4) is 11.5 Å². The summed E-state index contributed by atoms with van der Waals surface area (Å²) in [6.07, 6.45) is -0.272. The Morgan fingerprint density at radius 1 is 1.44 bits per heavy atom. The van der Waals surface area contributed by atoms with Crippen LogP contribution in [-0.2, 0) is 4.79 Å². The molecule has 6 heteroatoms. The van der Waals surface area contributed by atoms with Gasteiger partial charge in [0, 0.05) is 11.6 Å². The maximum Gasteiger partial charge on any atom is 0.305 e. The van der Waals surface area contributed by atoms with Gasteiger partial charge in [-0.3, -0.25) is 4.79 Å². The third kappa shape index (κ3) is 2.70. The van der Waals surface area contributed by atoms with Gasteiger partial charge in [-0.1, -0.05) is 0 Å². The molecule has 1 atom stereocenters. The SMILES string of the molecule is COc1c(F)cc(C)c(C(N)CC(=O)O)c1OC. The summed E-state index contributed by atoms with van der Waals surface area (Å²) < 4.78 is 23.7. The van der Waals surface area contributed by atoms with E-state index in [2.05, 4.69) is 0 Å². The minimum Gasteiger partial charge on any atom is -0.492 e. The Labute approximate surface area is 104 Å². The van der Waals surface area contributed by atoms with Gasteiger partial charge in [0.1, 0.15) is 0 Å². The van der Waals surface area contributed by atoms with E-state index in [4.69, 9.17) is 20.3 Å². The molecule has 100 valence electrons. The van der Waals surface area contributed by atoms with Crippen molar-refractivity contribution in [2.75, 3.05) is 14.2 Å². The predicted molar refractivity (Wildman–Crippen MR) is 63.4 cm³/mol. The molecular formula is C12H16FNO4. The number of rotatable bonds is 5. The molecule has 0 radical (unpaired) electrons. The van der Waals surface area contributed by atoms with Crippen LogP contribution in [0.4, 0.5) is 4.39 Å². The molecule has 0 fully saturated rings. The van der Waals surface area contributed by atoms with Crippen LogP contribution in [0.2, 0.25) is 0 Å². The Morgan fingerprint density at radius 3 is 2.44 bits per heavy atom. The van der Waals surface area contributed by atoms with Gasteiger partial charge in [-0.25, -0.2) is 4.39 Å². The molecule has 0 saturated carbocycles. The predicted octanol–water partition coefficient (Wildman–Crippen LogP) is 1.63. The molecule has 1 unspecified atom stereocenters. The lowest BCUT2D eigenvalue weighted by Crippen LogP contribution is -2.18. The Morgan fingerprint density at radius 2 is 2.00 bits per heavy atom. The number of halogens is 1. The van der Waals surface area contributed by atoms with Crippen molar-refractivity contribution in [3.05, 3.63) is 23.0 Å². The normalized spacial score (nSPS) is 12.1. The zero-order chi connectivity index (χ0) is 13.9. The van der Waals surface area contributed by atoms with Crippen molar-refractivity contribution >= 4 is 5.97 Å². The zero-order valence-electron chi connectivity index (χ0n) is 10.5. The van der Waals surface area contributed by atoms with Crippen molar-refractivity contribution in [2.24, 2.45) is 5.73 Å². The largest absolute Gasteiger partial charge is 0.492 e. The number of nitrogens with two attached hydrogens (primary N) is 1. The van der Waals surface area contributed by atoms with E-state index in [0.717, 1.165) is 0 Å². The molecule has 1 rings (SSSR count). The van der Waals surface area contributed by atoms with Gasteiger partial charge >= 0.3 is 5.97 Å². The molecule has 0 aliphatic heterocycles. The van der Waals surface area contributed by atoms with E-state index in [9.17, 15) is 9.18 Å². The van der Waals surface area contributed by atoms with Crippen LogP contribution in [0.15, 0.2) is 6.07 Å².